The Morgan fingerprint density at radius 1 is 1.05 bits per heavy atom. The lowest BCUT2D eigenvalue weighted by Gasteiger charge is -2.43. The predicted octanol–water partition coefficient (Wildman–Crippen LogP) is 0.760. The molecule has 0 saturated carbocycles. The van der Waals surface area contributed by atoms with Crippen molar-refractivity contribution in [1.82, 2.24) is 9.80 Å². The Bertz CT molecular complexity index is 293. The summed E-state index contributed by atoms with van der Waals surface area (Å²) < 4.78 is 11.3. The highest BCUT2D eigenvalue weighted by Gasteiger charge is 2.37. The largest absolute Gasteiger partial charge is 0.379 e. The van der Waals surface area contributed by atoms with Crippen LogP contribution in [0, 0.1) is 18.8 Å². The maximum absolute atomic E-state index is 5.64. The van der Waals surface area contributed by atoms with Gasteiger partial charge in [0.1, 0.15) is 5.54 Å². The van der Waals surface area contributed by atoms with Crippen LogP contribution < -0.4 is 0 Å². The van der Waals surface area contributed by atoms with Crippen molar-refractivity contribution < 1.29 is 9.47 Å². The number of rotatable bonds is 7. The molecule has 4 nitrogen and oxygen atoms in total. The van der Waals surface area contributed by atoms with Crippen LogP contribution in [-0.4, -0.2) is 75.0 Å². The molecular formula is C15H26N2O2. The quantitative estimate of drug-likeness (QED) is 0.635. The molecule has 0 spiro atoms. The highest BCUT2D eigenvalue weighted by molar-refractivity contribution is 5.21. The Kier molecular flexibility index (Phi) is 7.40. The minimum atomic E-state index is -0.415. The molecule has 0 aromatic heterocycles. The van der Waals surface area contributed by atoms with Gasteiger partial charge in [-0.3, -0.25) is 4.90 Å². The minimum absolute atomic E-state index is 0.415. The number of hydrogen-bond donors (Lipinski definition) is 0. The first-order valence-electron chi connectivity index (χ1n) is 7.00. The molecule has 0 aromatic rings. The minimum Gasteiger partial charge on any atom is -0.379 e. The third kappa shape index (κ3) is 4.77. The maximum atomic E-state index is 5.64. The van der Waals surface area contributed by atoms with E-state index in [0.717, 1.165) is 26.2 Å². The number of piperazine rings is 1. The van der Waals surface area contributed by atoms with E-state index in [2.05, 4.69) is 28.7 Å². The molecule has 1 aliphatic heterocycles. The molecule has 4 heteroatoms. The second kappa shape index (κ2) is 8.55. The van der Waals surface area contributed by atoms with Crippen molar-refractivity contribution in [3.63, 3.8) is 0 Å². The number of likely N-dealkylation sites (N-methyl/N-ethyl adjacent to an activating group) is 1. The summed E-state index contributed by atoms with van der Waals surface area (Å²) in [7, 11) is 2.14. The van der Waals surface area contributed by atoms with E-state index in [1.807, 2.05) is 13.8 Å². The van der Waals surface area contributed by atoms with E-state index in [9.17, 15) is 0 Å². The second-order valence-corrected chi connectivity index (χ2v) is 4.87. The van der Waals surface area contributed by atoms with Crippen LogP contribution in [0.3, 0.4) is 0 Å². The highest BCUT2D eigenvalue weighted by atomic mass is 16.5. The summed E-state index contributed by atoms with van der Waals surface area (Å²) in [5.74, 6) is 5.71. The summed E-state index contributed by atoms with van der Waals surface area (Å²) in [5, 5.41) is 0. The van der Waals surface area contributed by atoms with Crippen molar-refractivity contribution >= 4 is 0 Å². The smallest absolute Gasteiger partial charge is 0.130 e. The average molecular weight is 266 g/mol. The van der Waals surface area contributed by atoms with Crippen LogP contribution in [0.5, 0.6) is 0 Å². The SMILES string of the molecule is [CH]C#CC(COCC)(COCC)N1CCN(C)CC1. The molecule has 0 N–H and O–H groups in total. The Morgan fingerprint density at radius 2 is 1.58 bits per heavy atom. The Labute approximate surface area is 118 Å². The monoisotopic (exact) mass is 266 g/mol. The van der Waals surface area contributed by atoms with E-state index in [0.29, 0.717) is 26.4 Å². The van der Waals surface area contributed by atoms with E-state index >= 15 is 0 Å². The molecule has 1 fully saturated rings. The lowest BCUT2D eigenvalue weighted by atomic mass is 9.98. The van der Waals surface area contributed by atoms with Gasteiger partial charge in [-0.05, 0) is 20.9 Å². The standard InChI is InChI=1S/C15H26N2O2/c1-5-8-15(13-18-6-2,14-19-7-3)17-11-9-16(4)10-12-17/h1H,6-7,9-14H2,2-4H3. The normalized spacial score (nSPS) is 18.1. The summed E-state index contributed by atoms with van der Waals surface area (Å²) in [6, 6.07) is 0. The molecule has 0 amide bonds. The van der Waals surface area contributed by atoms with Gasteiger partial charge in [0.15, 0.2) is 0 Å². The van der Waals surface area contributed by atoms with Crippen LogP contribution in [0.15, 0.2) is 0 Å². The molecule has 0 aliphatic carbocycles. The Balaban J connectivity index is 2.81. The fourth-order valence-corrected chi connectivity index (χ4v) is 2.29. The molecule has 108 valence electrons. The molecule has 1 saturated heterocycles. The van der Waals surface area contributed by atoms with Crippen molar-refractivity contribution in [3.05, 3.63) is 6.92 Å². The van der Waals surface area contributed by atoms with Crippen LogP contribution in [0.4, 0.5) is 0 Å². The number of hydrogen-bond acceptors (Lipinski definition) is 4. The van der Waals surface area contributed by atoms with Crippen LogP contribution in [-0.2, 0) is 9.47 Å². The van der Waals surface area contributed by atoms with Gasteiger partial charge in [0.25, 0.3) is 0 Å². The van der Waals surface area contributed by atoms with Crippen LogP contribution in [0.25, 0.3) is 0 Å². The molecule has 19 heavy (non-hydrogen) atoms. The van der Waals surface area contributed by atoms with E-state index in [1.165, 1.54) is 0 Å². The molecule has 0 atom stereocenters. The summed E-state index contributed by atoms with van der Waals surface area (Å²) in [5.41, 5.74) is -0.415. The fraction of sp³-hybridized carbons (Fsp3) is 0.800. The van der Waals surface area contributed by atoms with Gasteiger partial charge in [-0.25, -0.2) is 0 Å². The summed E-state index contributed by atoms with van der Waals surface area (Å²) >= 11 is 0. The Morgan fingerprint density at radius 3 is 2.00 bits per heavy atom. The first-order chi connectivity index (χ1) is 9.18. The molecule has 1 aliphatic rings. The van der Waals surface area contributed by atoms with Crippen LogP contribution in [0.2, 0.25) is 0 Å². The molecule has 0 aromatic carbocycles. The lowest BCUT2D eigenvalue weighted by Crippen LogP contribution is -2.60. The number of nitrogens with zero attached hydrogens (tertiary/aromatic N) is 2. The molecule has 1 rings (SSSR count). The third-order valence-electron chi connectivity index (χ3n) is 3.50. The van der Waals surface area contributed by atoms with Gasteiger partial charge < -0.3 is 14.4 Å². The molecular weight excluding hydrogens is 240 g/mol. The van der Waals surface area contributed by atoms with Gasteiger partial charge in [0.05, 0.1) is 20.1 Å². The van der Waals surface area contributed by atoms with Crippen molar-refractivity contribution in [1.29, 1.82) is 0 Å². The maximum Gasteiger partial charge on any atom is 0.130 e. The molecule has 2 radical (unpaired) electrons. The Hall–Kier alpha value is -0.600. The van der Waals surface area contributed by atoms with E-state index in [4.69, 9.17) is 16.4 Å². The van der Waals surface area contributed by atoms with E-state index in [-0.39, 0.29) is 0 Å². The summed E-state index contributed by atoms with van der Waals surface area (Å²) in [4.78, 5) is 4.66. The number of ether oxygens (including phenoxy) is 2. The topological polar surface area (TPSA) is 24.9 Å². The van der Waals surface area contributed by atoms with Crippen molar-refractivity contribution in [2.24, 2.45) is 0 Å². The van der Waals surface area contributed by atoms with Crippen molar-refractivity contribution in [2.75, 3.05) is 59.7 Å². The summed E-state index contributed by atoms with van der Waals surface area (Å²) in [6.07, 6.45) is 0. The van der Waals surface area contributed by atoms with Crippen molar-refractivity contribution in [3.8, 4) is 11.8 Å². The predicted molar refractivity (Wildman–Crippen MR) is 76.9 cm³/mol. The van der Waals surface area contributed by atoms with Gasteiger partial charge in [0.2, 0.25) is 0 Å². The van der Waals surface area contributed by atoms with E-state index in [1.54, 1.807) is 0 Å². The first-order valence-corrected chi connectivity index (χ1v) is 7.00. The second-order valence-electron chi connectivity index (χ2n) is 4.87. The van der Waals surface area contributed by atoms with Gasteiger partial charge >= 0.3 is 0 Å². The van der Waals surface area contributed by atoms with Crippen LogP contribution in [0.1, 0.15) is 13.8 Å². The zero-order chi connectivity index (χ0) is 14.1. The lowest BCUT2D eigenvalue weighted by molar-refractivity contribution is -0.0401. The molecule has 0 unspecified atom stereocenters. The molecule has 1 heterocycles. The zero-order valence-corrected chi connectivity index (χ0v) is 12.4. The van der Waals surface area contributed by atoms with Gasteiger partial charge in [-0.1, -0.05) is 11.8 Å². The van der Waals surface area contributed by atoms with Gasteiger partial charge in [0, 0.05) is 39.4 Å². The van der Waals surface area contributed by atoms with Gasteiger partial charge in [-0.15, -0.1) is 0 Å². The third-order valence-corrected chi connectivity index (χ3v) is 3.50. The van der Waals surface area contributed by atoms with E-state index < -0.39 is 5.54 Å². The zero-order valence-electron chi connectivity index (χ0n) is 12.4. The highest BCUT2D eigenvalue weighted by Crippen LogP contribution is 2.19. The van der Waals surface area contributed by atoms with Crippen LogP contribution >= 0.6 is 0 Å². The van der Waals surface area contributed by atoms with Crippen molar-refractivity contribution in [2.45, 2.75) is 19.4 Å². The first kappa shape index (κ1) is 16.5. The average Bonchev–Trinajstić information content (AvgIpc) is 2.43. The summed E-state index contributed by atoms with van der Waals surface area (Å²) in [6.45, 7) is 15.9. The van der Waals surface area contributed by atoms with Gasteiger partial charge in [-0.2, -0.15) is 0 Å². The molecule has 0 bridgehead atoms. The fourth-order valence-electron chi connectivity index (χ4n) is 2.29.